The summed E-state index contributed by atoms with van der Waals surface area (Å²) in [7, 11) is 0. The summed E-state index contributed by atoms with van der Waals surface area (Å²) in [6.45, 7) is 2.37. The van der Waals surface area contributed by atoms with Crippen LogP contribution in [0.5, 0.6) is 5.75 Å². The minimum atomic E-state index is -0.0486. The number of hydrogen-bond acceptors (Lipinski definition) is 2. The van der Waals surface area contributed by atoms with Gasteiger partial charge in [0, 0.05) is 0 Å². The van der Waals surface area contributed by atoms with Crippen molar-refractivity contribution in [2.45, 2.75) is 64.7 Å². The third-order valence-electron chi connectivity index (χ3n) is 6.08. The highest BCUT2D eigenvalue weighted by atomic mass is 16.5. The summed E-state index contributed by atoms with van der Waals surface area (Å²) >= 11 is 0. The van der Waals surface area contributed by atoms with E-state index in [1.807, 2.05) is 30.3 Å². The van der Waals surface area contributed by atoms with E-state index in [0.29, 0.717) is 24.0 Å². The Morgan fingerprint density at radius 2 is 1.50 bits per heavy atom. The Balaban J connectivity index is 1.70. The molecule has 2 fully saturated rings. The summed E-state index contributed by atoms with van der Waals surface area (Å²) in [5.74, 6) is 2.04. The molecule has 0 heterocycles. The predicted molar refractivity (Wildman–Crippen MR) is 88.7 cm³/mol. The van der Waals surface area contributed by atoms with Crippen LogP contribution in [0, 0.1) is 17.3 Å². The maximum atomic E-state index is 12.5. The lowest BCUT2D eigenvalue weighted by atomic mass is 9.64. The van der Waals surface area contributed by atoms with Crippen LogP contribution in [0.1, 0.15) is 64.7 Å². The Labute approximate surface area is 134 Å². The van der Waals surface area contributed by atoms with Gasteiger partial charge in [0.25, 0.3) is 0 Å². The molecule has 2 aliphatic rings. The molecule has 0 amide bonds. The first-order valence-electron chi connectivity index (χ1n) is 8.94. The second kappa shape index (κ2) is 6.85. The quantitative estimate of drug-likeness (QED) is 0.540. The van der Waals surface area contributed by atoms with Gasteiger partial charge in [-0.2, -0.15) is 0 Å². The van der Waals surface area contributed by atoms with Crippen LogP contribution in [0.4, 0.5) is 0 Å². The van der Waals surface area contributed by atoms with E-state index in [1.165, 1.54) is 51.4 Å². The highest BCUT2D eigenvalue weighted by Crippen LogP contribution is 2.52. The van der Waals surface area contributed by atoms with E-state index in [1.54, 1.807) is 0 Å². The third-order valence-corrected chi connectivity index (χ3v) is 6.08. The summed E-state index contributed by atoms with van der Waals surface area (Å²) < 4.78 is 5.59. The van der Waals surface area contributed by atoms with Crippen molar-refractivity contribution in [1.29, 1.82) is 0 Å². The monoisotopic (exact) mass is 300 g/mol. The van der Waals surface area contributed by atoms with Gasteiger partial charge in [-0.15, -0.1) is 0 Å². The number of carbonyl (C=O) groups excluding carboxylic acids is 1. The van der Waals surface area contributed by atoms with Crippen molar-refractivity contribution in [2.24, 2.45) is 17.3 Å². The molecule has 2 nitrogen and oxygen atoms in total. The van der Waals surface area contributed by atoms with Crippen molar-refractivity contribution in [2.75, 3.05) is 0 Å². The molecule has 0 saturated heterocycles. The molecule has 0 spiro atoms. The van der Waals surface area contributed by atoms with Crippen LogP contribution in [-0.2, 0) is 4.79 Å². The first-order chi connectivity index (χ1) is 10.7. The van der Waals surface area contributed by atoms with Crippen molar-refractivity contribution >= 4 is 5.97 Å². The van der Waals surface area contributed by atoms with Gasteiger partial charge in [-0.3, -0.25) is 4.79 Å². The first kappa shape index (κ1) is 15.6. The predicted octanol–water partition coefficient (Wildman–Crippen LogP) is 5.37. The van der Waals surface area contributed by atoms with Gasteiger partial charge in [-0.05, 0) is 55.1 Å². The summed E-state index contributed by atoms with van der Waals surface area (Å²) in [6, 6.07) is 9.49. The van der Waals surface area contributed by atoms with Gasteiger partial charge in [0.2, 0.25) is 0 Å². The van der Waals surface area contributed by atoms with Gasteiger partial charge in [-0.25, -0.2) is 0 Å². The van der Waals surface area contributed by atoms with Crippen molar-refractivity contribution in [3.05, 3.63) is 30.3 Å². The third kappa shape index (κ3) is 3.37. The molecule has 0 radical (unpaired) electrons. The number of para-hydroxylation sites is 1. The Bertz CT molecular complexity index is 466. The fraction of sp³-hybridized carbons (Fsp3) is 0.650. The van der Waals surface area contributed by atoms with Crippen molar-refractivity contribution in [3.63, 3.8) is 0 Å². The number of ether oxygens (including phenoxy) is 1. The molecule has 0 aromatic heterocycles. The fourth-order valence-electron chi connectivity index (χ4n) is 4.76. The average Bonchev–Trinajstić information content (AvgIpc) is 3.22. The van der Waals surface area contributed by atoms with Crippen LogP contribution < -0.4 is 4.74 Å². The molecule has 2 aliphatic carbocycles. The first-order valence-corrected chi connectivity index (χ1v) is 8.94. The number of benzene rings is 1. The minimum Gasteiger partial charge on any atom is -0.427 e. The zero-order valence-electron chi connectivity index (χ0n) is 13.7. The lowest BCUT2D eigenvalue weighted by Crippen LogP contribution is -2.36. The van der Waals surface area contributed by atoms with E-state index in [2.05, 4.69) is 6.92 Å². The summed E-state index contributed by atoms with van der Waals surface area (Å²) in [6.07, 6.45) is 11.1. The van der Waals surface area contributed by atoms with Gasteiger partial charge < -0.3 is 4.74 Å². The van der Waals surface area contributed by atoms with Crippen molar-refractivity contribution in [3.8, 4) is 5.75 Å². The second-order valence-corrected chi connectivity index (χ2v) is 7.43. The van der Waals surface area contributed by atoms with Crippen LogP contribution in [0.25, 0.3) is 0 Å². The molecule has 1 aromatic rings. The van der Waals surface area contributed by atoms with Gasteiger partial charge in [0.1, 0.15) is 5.75 Å². The normalized spacial score (nSPS) is 20.4. The number of carbonyl (C=O) groups is 1. The molecular formula is C20H28O2. The largest absolute Gasteiger partial charge is 0.427 e. The topological polar surface area (TPSA) is 26.3 Å². The van der Waals surface area contributed by atoms with Crippen LogP contribution in [-0.4, -0.2) is 5.97 Å². The van der Waals surface area contributed by atoms with Crippen LogP contribution in [0.2, 0.25) is 0 Å². The highest BCUT2D eigenvalue weighted by molar-refractivity contribution is 5.73. The molecule has 22 heavy (non-hydrogen) atoms. The second-order valence-electron chi connectivity index (χ2n) is 7.43. The maximum absolute atomic E-state index is 12.5. The van der Waals surface area contributed by atoms with Crippen LogP contribution in [0.15, 0.2) is 30.3 Å². The average molecular weight is 300 g/mol. The van der Waals surface area contributed by atoms with Crippen LogP contribution >= 0.6 is 0 Å². The zero-order valence-corrected chi connectivity index (χ0v) is 13.7. The van der Waals surface area contributed by atoms with Gasteiger partial charge in [0.05, 0.1) is 6.42 Å². The van der Waals surface area contributed by atoms with Gasteiger partial charge >= 0.3 is 5.97 Å². The smallest absolute Gasteiger partial charge is 0.311 e. The van der Waals surface area contributed by atoms with Crippen LogP contribution in [0.3, 0.4) is 0 Å². The molecule has 1 aromatic carbocycles. The van der Waals surface area contributed by atoms with Crippen molar-refractivity contribution in [1.82, 2.24) is 0 Å². The standard InChI is InChI=1S/C20H28O2/c1-20(16-9-5-6-10-16,17-11-7-8-12-17)15-19(21)22-18-13-3-2-4-14-18/h2-4,13-14,16-17H,5-12,15H2,1H3. The van der Waals surface area contributed by atoms with E-state index >= 15 is 0 Å². The van der Waals surface area contributed by atoms with E-state index in [0.717, 1.165) is 0 Å². The number of rotatable bonds is 5. The Morgan fingerprint density at radius 1 is 1.00 bits per heavy atom. The Hall–Kier alpha value is -1.31. The molecule has 0 unspecified atom stereocenters. The van der Waals surface area contributed by atoms with E-state index < -0.39 is 0 Å². The SMILES string of the molecule is CC(CC(=O)Oc1ccccc1)(C1CCCC1)C1CCCC1. The number of hydrogen-bond donors (Lipinski definition) is 0. The molecule has 2 heteroatoms. The Morgan fingerprint density at radius 3 is 2.00 bits per heavy atom. The molecule has 2 saturated carbocycles. The van der Waals surface area contributed by atoms with Gasteiger partial charge in [-0.1, -0.05) is 50.8 Å². The van der Waals surface area contributed by atoms with E-state index in [9.17, 15) is 4.79 Å². The molecule has 0 bridgehead atoms. The zero-order chi connectivity index (χ0) is 15.4. The Kier molecular flexibility index (Phi) is 4.85. The maximum Gasteiger partial charge on any atom is 0.311 e. The lowest BCUT2D eigenvalue weighted by Gasteiger charge is -2.40. The molecule has 0 atom stereocenters. The number of esters is 1. The summed E-state index contributed by atoms with van der Waals surface area (Å²) in [5, 5.41) is 0. The summed E-state index contributed by atoms with van der Waals surface area (Å²) in [4.78, 5) is 12.5. The van der Waals surface area contributed by atoms with Gasteiger partial charge in [0.15, 0.2) is 0 Å². The van der Waals surface area contributed by atoms with Crippen molar-refractivity contribution < 1.29 is 9.53 Å². The highest BCUT2D eigenvalue weighted by Gasteiger charge is 2.44. The molecule has 120 valence electrons. The summed E-state index contributed by atoms with van der Waals surface area (Å²) in [5.41, 5.74) is 0.138. The molecular weight excluding hydrogens is 272 g/mol. The van der Waals surface area contributed by atoms with E-state index in [4.69, 9.17) is 4.74 Å². The minimum absolute atomic E-state index is 0.0486. The molecule has 3 rings (SSSR count). The van der Waals surface area contributed by atoms with E-state index in [-0.39, 0.29) is 11.4 Å². The fourth-order valence-corrected chi connectivity index (χ4v) is 4.76. The molecule has 0 N–H and O–H groups in total. The lowest BCUT2D eigenvalue weighted by molar-refractivity contribution is -0.139. The molecule has 0 aliphatic heterocycles.